The molecule has 2 atom stereocenters. The third-order valence-corrected chi connectivity index (χ3v) is 4.47. The smallest absolute Gasteiger partial charge is 0.122 e. The molecule has 3 rings (SSSR count). The molecule has 1 N–H and O–H groups in total. The molecule has 1 saturated carbocycles. The van der Waals surface area contributed by atoms with Crippen LogP contribution in [0.3, 0.4) is 0 Å². The molecule has 2 heteroatoms. The zero-order valence-corrected chi connectivity index (χ0v) is 11.2. The molecule has 18 heavy (non-hydrogen) atoms. The number of fused-ring (bicyclic) bond motifs is 1. The van der Waals surface area contributed by atoms with E-state index in [4.69, 9.17) is 4.74 Å². The van der Waals surface area contributed by atoms with Crippen molar-refractivity contribution in [3.63, 3.8) is 0 Å². The summed E-state index contributed by atoms with van der Waals surface area (Å²) in [6.07, 6.45) is 7.86. The fourth-order valence-corrected chi connectivity index (χ4v) is 3.38. The number of benzene rings is 1. The lowest BCUT2D eigenvalue weighted by Gasteiger charge is -2.32. The Balaban J connectivity index is 1.71. The third kappa shape index (κ3) is 2.33. The van der Waals surface area contributed by atoms with Crippen molar-refractivity contribution < 1.29 is 4.74 Å². The van der Waals surface area contributed by atoms with Gasteiger partial charge in [-0.1, -0.05) is 26.2 Å². The molecule has 0 bridgehead atoms. The Kier molecular flexibility index (Phi) is 3.44. The maximum atomic E-state index is 5.56. The summed E-state index contributed by atoms with van der Waals surface area (Å²) in [5, 5.41) is 3.76. The molecule has 1 aliphatic carbocycles. The van der Waals surface area contributed by atoms with Crippen molar-refractivity contribution in [1.29, 1.82) is 0 Å². The average Bonchev–Trinajstić information content (AvgIpc) is 2.87. The van der Waals surface area contributed by atoms with Crippen molar-refractivity contribution in [2.75, 3.05) is 11.9 Å². The number of nitrogens with one attached hydrogen (secondary N) is 1. The van der Waals surface area contributed by atoms with E-state index in [1.807, 2.05) is 0 Å². The lowest BCUT2D eigenvalue weighted by atomic mass is 9.83. The van der Waals surface area contributed by atoms with E-state index in [-0.39, 0.29) is 0 Å². The molecule has 2 nitrogen and oxygen atoms in total. The minimum absolute atomic E-state index is 0.670. The standard InChI is InChI=1S/C16H23NO/c1-2-12-5-3-4-6-15(12)17-14-7-8-16-13(11-14)9-10-18-16/h7-8,11-12,15,17H,2-6,9-10H2,1H3. The molecule has 0 saturated heterocycles. The summed E-state index contributed by atoms with van der Waals surface area (Å²) in [6, 6.07) is 7.24. The first-order valence-corrected chi connectivity index (χ1v) is 7.39. The van der Waals surface area contributed by atoms with E-state index in [0.717, 1.165) is 24.7 Å². The highest BCUT2D eigenvalue weighted by Crippen LogP contribution is 2.32. The van der Waals surface area contributed by atoms with Gasteiger partial charge in [-0.3, -0.25) is 0 Å². The van der Waals surface area contributed by atoms with Gasteiger partial charge in [-0.25, -0.2) is 0 Å². The van der Waals surface area contributed by atoms with Crippen LogP contribution < -0.4 is 10.1 Å². The predicted octanol–water partition coefficient (Wildman–Crippen LogP) is 4.00. The first kappa shape index (κ1) is 11.9. The second-order valence-corrected chi connectivity index (χ2v) is 5.62. The first-order valence-electron chi connectivity index (χ1n) is 7.39. The van der Waals surface area contributed by atoms with Crippen LogP contribution in [0.2, 0.25) is 0 Å². The zero-order chi connectivity index (χ0) is 12.4. The first-order chi connectivity index (χ1) is 8.86. The molecule has 0 spiro atoms. The lowest BCUT2D eigenvalue weighted by molar-refractivity contribution is 0.317. The molecule has 98 valence electrons. The molecule has 2 aliphatic rings. The van der Waals surface area contributed by atoms with E-state index in [0.29, 0.717) is 6.04 Å². The van der Waals surface area contributed by atoms with Crippen molar-refractivity contribution in [3.8, 4) is 5.75 Å². The van der Waals surface area contributed by atoms with Gasteiger partial charge in [0.05, 0.1) is 6.61 Å². The SMILES string of the molecule is CCC1CCCCC1Nc1ccc2c(c1)CCO2. The summed E-state index contributed by atoms with van der Waals surface area (Å²) in [5.74, 6) is 1.93. The van der Waals surface area contributed by atoms with E-state index in [1.165, 1.54) is 43.4 Å². The van der Waals surface area contributed by atoms with E-state index in [9.17, 15) is 0 Å². The normalized spacial score (nSPS) is 26.5. The topological polar surface area (TPSA) is 21.3 Å². The highest BCUT2D eigenvalue weighted by molar-refractivity contribution is 5.53. The monoisotopic (exact) mass is 245 g/mol. The number of hydrogen-bond donors (Lipinski definition) is 1. The molecule has 1 heterocycles. The summed E-state index contributed by atoms with van der Waals surface area (Å²) in [7, 11) is 0. The van der Waals surface area contributed by atoms with E-state index >= 15 is 0 Å². The minimum atomic E-state index is 0.670. The molecule has 1 aliphatic heterocycles. The third-order valence-electron chi connectivity index (χ3n) is 4.47. The maximum absolute atomic E-state index is 5.56. The second-order valence-electron chi connectivity index (χ2n) is 5.62. The maximum Gasteiger partial charge on any atom is 0.122 e. The van der Waals surface area contributed by atoms with Gasteiger partial charge in [-0.2, -0.15) is 0 Å². The number of ether oxygens (including phenoxy) is 1. The number of hydrogen-bond acceptors (Lipinski definition) is 2. The van der Waals surface area contributed by atoms with Gasteiger partial charge in [0, 0.05) is 18.2 Å². The summed E-state index contributed by atoms with van der Waals surface area (Å²) >= 11 is 0. The van der Waals surface area contributed by atoms with Crippen molar-refractivity contribution in [2.45, 2.75) is 51.5 Å². The van der Waals surface area contributed by atoms with Crippen LogP contribution in [-0.4, -0.2) is 12.6 Å². The number of anilines is 1. The molecule has 1 fully saturated rings. The van der Waals surface area contributed by atoms with Gasteiger partial charge in [-0.15, -0.1) is 0 Å². The van der Waals surface area contributed by atoms with Gasteiger partial charge >= 0.3 is 0 Å². The van der Waals surface area contributed by atoms with Crippen molar-refractivity contribution in [2.24, 2.45) is 5.92 Å². The summed E-state index contributed by atoms with van der Waals surface area (Å²) in [6.45, 7) is 3.17. The molecular weight excluding hydrogens is 222 g/mol. The molecule has 1 aromatic rings. The summed E-state index contributed by atoms with van der Waals surface area (Å²) < 4.78 is 5.56. The van der Waals surface area contributed by atoms with Crippen LogP contribution in [0.1, 0.15) is 44.6 Å². The van der Waals surface area contributed by atoms with Gasteiger partial charge in [-0.05, 0) is 42.5 Å². The van der Waals surface area contributed by atoms with Gasteiger partial charge in [0.15, 0.2) is 0 Å². The Hall–Kier alpha value is -1.18. The van der Waals surface area contributed by atoms with Gasteiger partial charge in [0.2, 0.25) is 0 Å². The van der Waals surface area contributed by atoms with E-state index in [1.54, 1.807) is 0 Å². The largest absolute Gasteiger partial charge is 0.493 e. The Morgan fingerprint density at radius 3 is 3.06 bits per heavy atom. The predicted molar refractivity (Wildman–Crippen MR) is 75.3 cm³/mol. The fourth-order valence-electron chi connectivity index (χ4n) is 3.38. The van der Waals surface area contributed by atoms with Crippen LogP contribution in [0.25, 0.3) is 0 Å². The highest BCUT2D eigenvalue weighted by atomic mass is 16.5. The van der Waals surface area contributed by atoms with E-state index in [2.05, 4.69) is 30.4 Å². The van der Waals surface area contributed by atoms with Crippen LogP contribution in [-0.2, 0) is 6.42 Å². The Morgan fingerprint density at radius 1 is 1.28 bits per heavy atom. The summed E-state index contributed by atoms with van der Waals surface area (Å²) in [5.41, 5.74) is 2.65. The molecule has 2 unspecified atom stereocenters. The highest BCUT2D eigenvalue weighted by Gasteiger charge is 2.23. The van der Waals surface area contributed by atoms with Crippen molar-refractivity contribution in [3.05, 3.63) is 23.8 Å². The molecular formula is C16H23NO. The van der Waals surface area contributed by atoms with Crippen molar-refractivity contribution in [1.82, 2.24) is 0 Å². The molecule has 0 amide bonds. The Bertz CT molecular complexity index is 416. The van der Waals surface area contributed by atoms with Crippen LogP contribution in [0.5, 0.6) is 5.75 Å². The van der Waals surface area contributed by atoms with Gasteiger partial charge in [0.25, 0.3) is 0 Å². The van der Waals surface area contributed by atoms with Crippen LogP contribution in [0, 0.1) is 5.92 Å². The lowest BCUT2D eigenvalue weighted by Crippen LogP contribution is -2.31. The Labute approximate surface area is 110 Å². The summed E-state index contributed by atoms with van der Waals surface area (Å²) in [4.78, 5) is 0. The molecule has 0 radical (unpaired) electrons. The van der Waals surface area contributed by atoms with Crippen molar-refractivity contribution >= 4 is 5.69 Å². The second kappa shape index (κ2) is 5.21. The minimum Gasteiger partial charge on any atom is -0.493 e. The van der Waals surface area contributed by atoms with Gasteiger partial charge in [0.1, 0.15) is 5.75 Å². The number of rotatable bonds is 3. The molecule has 0 aromatic heterocycles. The Morgan fingerprint density at radius 2 is 2.17 bits per heavy atom. The van der Waals surface area contributed by atoms with Crippen LogP contribution >= 0.6 is 0 Å². The van der Waals surface area contributed by atoms with E-state index < -0.39 is 0 Å². The van der Waals surface area contributed by atoms with Crippen LogP contribution in [0.4, 0.5) is 5.69 Å². The quantitative estimate of drug-likeness (QED) is 0.869. The molecule has 1 aromatic carbocycles. The van der Waals surface area contributed by atoms with Gasteiger partial charge < -0.3 is 10.1 Å². The fraction of sp³-hybridized carbons (Fsp3) is 0.625. The van der Waals surface area contributed by atoms with Crippen LogP contribution in [0.15, 0.2) is 18.2 Å². The average molecular weight is 245 g/mol. The zero-order valence-electron chi connectivity index (χ0n) is 11.2.